The fourth-order valence-electron chi connectivity index (χ4n) is 2.90. The van der Waals surface area contributed by atoms with Crippen molar-refractivity contribution >= 4 is 16.2 Å². The van der Waals surface area contributed by atoms with Gasteiger partial charge in [-0.2, -0.15) is 17.0 Å². The quantitative estimate of drug-likeness (QED) is 0.787. The third kappa shape index (κ3) is 2.39. The van der Waals surface area contributed by atoms with Crippen molar-refractivity contribution in [3.05, 3.63) is 0 Å². The van der Waals surface area contributed by atoms with Crippen LogP contribution in [-0.2, 0) is 15.0 Å². The number of piperidine rings is 1. The van der Waals surface area contributed by atoms with Gasteiger partial charge >= 0.3 is 5.97 Å². The number of carboxylic acids is 1. The molecule has 1 N–H and O–H groups in total. The summed E-state index contributed by atoms with van der Waals surface area (Å²) in [7, 11) is -2.04. The van der Waals surface area contributed by atoms with Crippen LogP contribution in [-0.4, -0.2) is 54.3 Å². The smallest absolute Gasteiger partial charge is 0.307 e. The Kier molecular flexibility index (Phi) is 3.66. The molecule has 104 valence electrons. The van der Waals surface area contributed by atoms with E-state index < -0.39 is 22.1 Å². The fraction of sp³-hybridized carbons (Fsp3) is 0.909. The van der Waals surface area contributed by atoms with E-state index >= 15 is 0 Å². The van der Waals surface area contributed by atoms with Crippen LogP contribution in [0.4, 0.5) is 0 Å². The van der Waals surface area contributed by atoms with Crippen LogP contribution >= 0.6 is 0 Å². The first-order chi connectivity index (χ1) is 8.32. The zero-order valence-corrected chi connectivity index (χ0v) is 11.6. The standard InChI is InChI=1S/C11H20N2O4S/c1-8(11(14)15)6-12(2)18(16,17)13-7-9-3-4-10(13)5-9/h8-10H,3-7H2,1-2H3,(H,14,15). The Morgan fingerprint density at radius 3 is 2.61 bits per heavy atom. The summed E-state index contributed by atoms with van der Waals surface area (Å²) >= 11 is 0. The molecule has 2 bridgehead atoms. The Morgan fingerprint density at radius 2 is 2.17 bits per heavy atom. The van der Waals surface area contributed by atoms with Gasteiger partial charge in [-0.15, -0.1) is 0 Å². The van der Waals surface area contributed by atoms with Crippen LogP contribution in [0.2, 0.25) is 0 Å². The minimum atomic E-state index is -3.49. The third-order valence-electron chi connectivity index (χ3n) is 4.00. The maximum absolute atomic E-state index is 12.3. The molecule has 1 saturated heterocycles. The van der Waals surface area contributed by atoms with E-state index in [9.17, 15) is 13.2 Å². The van der Waals surface area contributed by atoms with Crippen molar-refractivity contribution in [2.75, 3.05) is 20.1 Å². The van der Waals surface area contributed by atoms with Crippen LogP contribution in [0.25, 0.3) is 0 Å². The van der Waals surface area contributed by atoms with E-state index in [1.807, 2.05) is 0 Å². The minimum absolute atomic E-state index is 0.0194. The number of carbonyl (C=O) groups is 1. The zero-order valence-electron chi connectivity index (χ0n) is 10.7. The van der Waals surface area contributed by atoms with E-state index in [0.717, 1.165) is 19.3 Å². The lowest BCUT2D eigenvalue weighted by atomic mass is 10.1. The van der Waals surface area contributed by atoms with Gasteiger partial charge in [0.25, 0.3) is 10.2 Å². The molecule has 7 heteroatoms. The van der Waals surface area contributed by atoms with E-state index in [1.165, 1.54) is 18.3 Å². The fourth-order valence-corrected chi connectivity index (χ4v) is 4.64. The summed E-state index contributed by atoms with van der Waals surface area (Å²) in [5, 5.41) is 8.83. The number of nitrogens with zero attached hydrogens (tertiary/aromatic N) is 2. The van der Waals surface area contributed by atoms with E-state index in [1.54, 1.807) is 4.31 Å². The van der Waals surface area contributed by atoms with Gasteiger partial charge in [0.05, 0.1) is 5.92 Å². The molecular formula is C11H20N2O4S. The number of hydrogen-bond donors (Lipinski definition) is 1. The average molecular weight is 276 g/mol. The van der Waals surface area contributed by atoms with Crippen LogP contribution in [0, 0.1) is 11.8 Å². The van der Waals surface area contributed by atoms with Gasteiger partial charge in [-0.05, 0) is 25.2 Å². The Balaban J connectivity index is 2.04. The number of aliphatic carboxylic acids is 1. The van der Waals surface area contributed by atoms with Crippen molar-refractivity contribution in [1.82, 2.24) is 8.61 Å². The van der Waals surface area contributed by atoms with Crippen molar-refractivity contribution in [2.24, 2.45) is 11.8 Å². The predicted octanol–water partition coefficient (Wildman–Crippen LogP) is 0.368. The molecule has 3 unspecified atom stereocenters. The highest BCUT2D eigenvalue weighted by Crippen LogP contribution is 2.39. The highest BCUT2D eigenvalue weighted by atomic mass is 32.2. The minimum Gasteiger partial charge on any atom is -0.481 e. The van der Waals surface area contributed by atoms with Gasteiger partial charge in [-0.1, -0.05) is 6.92 Å². The average Bonchev–Trinajstić information content (AvgIpc) is 2.90. The molecule has 1 saturated carbocycles. The Labute approximate surface area is 108 Å². The monoisotopic (exact) mass is 276 g/mol. The maximum atomic E-state index is 12.3. The number of rotatable bonds is 5. The second kappa shape index (κ2) is 4.79. The van der Waals surface area contributed by atoms with Crippen LogP contribution in [0.15, 0.2) is 0 Å². The lowest BCUT2D eigenvalue weighted by Crippen LogP contribution is -2.47. The van der Waals surface area contributed by atoms with Crippen LogP contribution in [0.1, 0.15) is 26.2 Å². The highest BCUT2D eigenvalue weighted by Gasteiger charge is 2.45. The normalized spacial score (nSPS) is 29.9. The van der Waals surface area contributed by atoms with Crippen molar-refractivity contribution in [3.63, 3.8) is 0 Å². The van der Waals surface area contributed by atoms with E-state index in [4.69, 9.17) is 5.11 Å². The lowest BCUT2D eigenvalue weighted by molar-refractivity contribution is -0.141. The largest absolute Gasteiger partial charge is 0.481 e. The zero-order chi connectivity index (χ0) is 13.5. The summed E-state index contributed by atoms with van der Waals surface area (Å²) in [5.74, 6) is -1.17. The van der Waals surface area contributed by atoms with Gasteiger partial charge < -0.3 is 5.11 Å². The van der Waals surface area contributed by atoms with Crippen LogP contribution in [0.5, 0.6) is 0 Å². The molecular weight excluding hydrogens is 256 g/mol. The van der Waals surface area contributed by atoms with E-state index in [-0.39, 0.29) is 12.6 Å². The Hall–Kier alpha value is -0.660. The van der Waals surface area contributed by atoms with E-state index in [2.05, 4.69) is 0 Å². The van der Waals surface area contributed by atoms with Crippen LogP contribution < -0.4 is 0 Å². The molecule has 0 spiro atoms. The molecule has 2 rings (SSSR count). The van der Waals surface area contributed by atoms with Gasteiger partial charge in [0.1, 0.15) is 0 Å². The molecule has 0 aromatic heterocycles. The first-order valence-corrected chi connectivity index (χ1v) is 7.68. The Bertz CT molecular complexity index is 436. The molecule has 6 nitrogen and oxygen atoms in total. The number of fused-ring (bicyclic) bond motifs is 2. The first-order valence-electron chi connectivity index (χ1n) is 6.28. The molecule has 2 aliphatic rings. The molecule has 1 heterocycles. The van der Waals surface area contributed by atoms with E-state index in [0.29, 0.717) is 12.5 Å². The SMILES string of the molecule is CC(CN(C)S(=O)(=O)N1CC2CCC1C2)C(=O)O. The van der Waals surface area contributed by atoms with Crippen LogP contribution in [0.3, 0.4) is 0 Å². The second-order valence-corrected chi connectivity index (χ2v) is 7.42. The molecule has 1 aliphatic carbocycles. The van der Waals surface area contributed by atoms with Gasteiger partial charge in [0.2, 0.25) is 0 Å². The molecule has 3 atom stereocenters. The number of hydrogen-bond acceptors (Lipinski definition) is 3. The molecule has 0 aromatic carbocycles. The summed E-state index contributed by atoms with van der Waals surface area (Å²) < 4.78 is 27.4. The molecule has 0 radical (unpaired) electrons. The summed E-state index contributed by atoms with van der Waals surface area (Å²) in [6.45, 7) is 2.13. The van der Waals surface area contributed by atoms with Gasteiger partial charge in [0, 0.05) is 26.2 Å². The summed E-state index contributed by atoms with van der Waals surface area (Å²) in [5.41, 5.74) is 0. The predicted molar refractivity (Wildman–Crippen MR) is 66.2 cm³/mol. The summed E-state index contributed by atoms with van der Waals surface area (Å²) in [4.78, 5) is 10.8. The van der Waals surface area contributed by atoms with Gasteiger partial charge in [-0.3, -0.25) is 4.79 Å². The topological polar surface area (TPSA) is 77.9 Å². The second-order valence-electron chi connectivity index (χ2n) is 5.43. The van der Waals surface area contributed by atoms with Gasteiger partial charge in [-0.25, -0.2) is 0 Å². The molecule has 0 amide bonds. The molecule has 0 aromatic rings. The number of carboxylic acid groups (broad SMARTS) is 1. The van der Waals surface area contributed by atoms with Crippen molar-refractivity contribution in [2.45, 2.75) is 32.2 Å². The first kappa shape index (κ1) is 13.8. The van der Waals surface area contributed by atoms with Gasteiger partial charge in [0.15, 0.2) is 0 Å². The molecule has 1 aliphatic heterocycles. The molecule has 18 heavy (non-hydrogen) atoms. The highest BCUT2D eigenvalue weighted by molar-refractivity contribution is 7.86. The molecule has 2 fully saturated rings. The Morgan fingerprint density at radius 1 is 1.50 bits per heavy atom. The maximum Gasteiger partial charge on any atom is 0.307 e. The van der Waals surface area contributed by atoms with Crippen molar-refractivity contribution in [1.29, 1.82) is 0 Å². The van der Waals surface area contributed by atoms with Crippen molar-refractivity contribution in [3.8, 4) is 0 Å². The summed E-state index contributed by atoms with van der Waals surface area (Å²) in [6.07, 6.45) is 3.01. The summed E-state index contributed by atoms with van der Waals surface area (Å²) in [6, 6.07) is 0.127. The van der Waals surface area contributed by atoms with Crippen molar-refractivity contribution < 1.29 is 18.3 Å². The third-order valence-corrected chi connectivity index (χ3v) is 5.98. The lowest BCUT2D eigenvalue weighted by Gasteiger charge is -2.31.